The molecule has 0 spiro atoms. The summed E-state index contributed by atoms with van der Waals surface area (Å²) in [5, 5.41) is 14.3. The van der Waals surface area contributed by atoms with E-state index in [0.717, 1.165) is 5.56 Å². The molecule has 2 N–H and O–H groups in total. The number of nitrogens with one attached hydrogen (secondary N) is 2. The van der Waals surface area contributed by atoms with E-state index in [0.29, 0.717) is 33.7 Å². The van der Waals surface area contributed by atoms with Gasteiger partial charge in [-0.25, -0.2) is 4.79 Å². The smallest absolute Gasteiger partial charge is 0.323 e. The van der Waals surface area contributed by atoms with Gasteiger partial charge in [-0.1, -0.05) is 35.9 Å². The maximum Gasteiger partial charge on any atom is 0.323 e. The van der Waals surface area contributed by atoms with Gasteiger partial charge in [-0.05, 0) is 54.6 Å². The van der Waals surface area contributed by atoms with E-state index in [4.69, 9.17) is 16.0 Å². The number of carbonyl (C=O) groups excluding carboxylic acids is 1. The van der Waals surface area contributed by atoms with Gasteiger partial charge >= 0.3 is 6.03 Å². The minimum absolute atomic E-state index is 0.366. The minimum Gasteiger partial charge on any atom is -0.416 e. The molecule has 7 heteroatoms. The Morgan fingerprint density at radius 1 is 0.750 bits per heavy atom. The van der Waals surface area contributed by atoms with E-state index in [1.54, 1.807) is 42.5 Å². The van der Waals surface area contributed by atoms with Crippen LogP contribution in [0.25, 0.3) is 22.9 Å². The van der Waals surface area contributed by atoms with Gasteiger partial charge in [-0.15, -0.1) is 10.2 Å². The standard InChI is InChI=1S/C21H15ClN4O2/c22-16-9-11-17(12-10-16)23-21(27)24-18-8-4-7-15(13-18)20-26-25-19(28-20)14-5-2-1-3-6-14/h1-13H,(H2,23,24,27). The molecule has 138 valence electrons. The quantitative estimate of drug-likeness (QED) is 0.468. The molecule has 0 aliphatic rings. The number of hydrogen-bond acceptors (Lipinski definition) is 4. The summed E-state index contributed by atoms with van der Waals surface area (Å²) >= 11 is 5.85. The molecular weight excluding hydrogens is 376 g/mol. The first kappa shape index (κ1) is 17.8. The number of rotatable bonds is 4. The third kappa shape index (κ3) is 4.19. The molecule has 1 aromatic heterocycles. The van der Waals surface area contributed by atoms with Crippen molar-refractivity contribution in [3.05, 3.63) is 83.9 Å². The van der Waals surface area contributed by atoms with Crippen LogP contribution in [-0.2, 0) is 0 Å². The van der Waals surface area contributed by atoms with Crippen LogP contribution in [-0.4, -0.2) is 16.2 Å². The fourth-order valence-electron chi connectivity index (χ4n) is 2.59. The van der Waals surface area contributed by atoms with Gasteiger partial charge in [0.05, 0.1) is 0 Å². The van der Waals surface area contributed by atoms with Crippen LogP contribution in [0.15, 0.2) is 83.3 Å². The van der Waals surface area contributed by atoms with Crippen molar-refractivity contribution < 1.29 is 9.21 Å². The average Bonchev–Trinajstić information content (AvgIpc) is 3.21. The summed E-state index contributed by atoms with van der Waals surface area (Å²) < 4.78 is 5.76. The Hall–Kier alpha value is -3.64. The van der Waals surface area contributed by atoms with Crippen molar-refractivity contribution >= 4 is 29.0 Å². The van der Waals surface area contributed by atoms with Crippen LogP contribution in [0.2, 0.25) is 5.02 Å². The summed E-state index contributed by atoms with van der Waals surface area (Å²) in [5.74, 6) is 0.815. The molecule has 0 bridgehead atoms. The lowest BCUT2D eigenvalue weighted by Gasteiger charge is -2.08. The third-order valence-corrected chi connectivity index (χ3v) is 4.17. The second-order valence-electron chi connectivity index (χ2n) is 5.95. The highest BCUT2D eigenvalue weighted by atomic mass is 35.5. The Kier molecular flexibility index (Phi) is 5.03. The Bertz CT molecular complexity index is 1090. The summed E-state index contributed by atoms with van der Waals surface area (Å²) in [6.07, 6.45) is 0. The number of halogens is 1. The maximum absolute atomic E-state index is 12.2. The van der Waals surface area contributed by atoms with Gasteiger partial charge in [0.2, 0.25) is 11.8 Å². The highest BCUT2D eigenvalue weighted by Gasteiger charge is 2.11. The number of anilines is 2. The Morgan fingerprint density at radius 3 is 2.14 bits per heavy atom. The zero-order valence-corrected chi connectivity index (χ0v) is 15.4. The molecule has 0 atom stereocenters. The van der Waals surface area contributed by atoms with Crippen LogP contribution >= 0.6 is 11.6 Å². The summed E-state index contributed by atoms with van der Waals surface area (Å²) in [6, 6.07) is 23.2. The van der Waals surface area contributed by atoms with Crippen LogP contribution in [0.3, 0.4) is 0 Å². The third-order valence-electron chi connectivity index (χ3n) is 3.92. The van der Waals surface area contributed by atoms with E-state index >= 15 is 0 Å². The van der Waals surface area contributed by atoms with Gasteiger partial charge in [-0.2, -0.15) is 0 Å². The molecule has 4 rings (SSSR count). The predicted molar refractivity (Wildman–Crippen MR) is 109 cm³/mol. The molecule has 0 saturated heterocycles. The van der Waals surface area contributed by atoms with Crippen molar-refractivity contribution in [1.29, 1.82) is 0 Å². The molecule has 0 aliphatic carbocycles. The molecule has 1 heterocycles. The molecule has 0 saturated carbocycles. The van der Waals surface area contributed by atoms with Crippen molar-refractivity contribution in [2.45, 2.75) is 0 Å². The van der Waals surface area contributed by atoms with Crippen molar-refractivity contribution in [3.8, 4) is 22.9 Å². The number of urea groups is 1. The molecule has 4 aromatic rings. The van der Waals surface area contributed by atoms with Crippen molar-refractivity contribution in [3.63, 3.8) is 0 Å². The molecule has 6 nitrogen and oxygen atoms in total. The van der Waals surface area contributed by atoms with E-state index in [-0.39, 0.29) is 6.03 Å². The number of benzene rings is 3. The topological polar surface area (TPSA) is 80.0 Å². The van der Waals surface area contributed by atoms with Crippen LogP contribution in [0.4, 0.5) is 16.2 Å². The minimum atomic E-state index is -0.366. The van der Waals surface area contributed by atoms with Crippen LogP contribution < -0.4 is 10.6 Å². The van der Waals surface area contributed by atoms with E-state index in [2.05, 4.69) is 20.8 Å². The largest absolute Gasteiger partial charge is 0.416 e. The number of nitrogens with zero attached hydrogens (tertiary/aromatic N) is 2. The van der Waals surface area contributed by atoms with Gasteiger partial charge in [0.15, 0.2) is 0 Å². The van der Waals surface area contributed by atoms with Gasteiger partial charge in [0.1, 0.15) is 0 Å². The summed E-state index contributed by atoms with van der Waals surface area (Å²) in [7, 11) is 0. The highest BCUT2D eigenvalue weighted by molar-refractivity contribution is 6.30. The Morgan fingerprint density at radius 2 is 1.39 bits per heavy atom. The lowest BCUT2D eigenvalue weighted by atomic mass is 10.2. The fraction of sp³-hybridized carbons (Fsp3) is 0. The number of hydrogen-bond donors (Lipinski definition) is 2. The zero-order valence-electron chi connectivity index (χ0n) is 14.6. The molecule has 0 unspecified atom stereocenters. The molecule has 0 aliphatic heterocycles. The first-order chi connectivity index (χ1) is 13.7. The van der Waals surface area contributed by atoms with Crippen LogP contribution in [0, 0.1) is 0 Å². The Labute approximate surface area is 166 Å². The Balaban J connectivity index is 1.48. The number of carbonyl (C=O) groups is 1. The van der Waals surface area contributed by atoms with E-state index in [1.165, 1.54) is 0 Å². The lowest BCUT2D eigenvalue weighted by Crippen LogP contribution is -2.19. The van der Waals surface area contributed by atoms with Crippen LogP contribution in [0.1, 0.15) is 0 Å². The molecule has 0 fully saturated rings. The zero-order chi connectivity index (χ0) is 19.3. The first-order valence-corrected chi connectivity index (χ1v) is 8.88. The van der Waals surface area contributed by atoms with Crippen molar-refractivity contribution in [2.24, 2.45) is 0 Å². The second kappa shape index (κ2) is 7.94. The van der Waals surface area contributed by atoms with Gasteiger partial charge in [-0.3, -0.25) is 0 Å². The average molecular weight is 391 g/mol. The molecule has 28 heavy (non-hydrogen) atoms. The molecule has 2 amide bonds. The molecule has 3 aromatic carbocycles. The lowest BCUT2D eigenvalue weighted by molar-refractivity contribution is 0.262. The normalized spacial score (nSPS) is 10.5. The SMILES string of the molecule is O=C(Nc1ccc(Cl)cc1)Nc1cccc(-c2nnc(-c3ccccc3)o2)c1. The van der Waals surface area contributed by atoms with E-state index in [9.17, 15) is 4.79 Å². The second-order valence-corrected chi connectivity index (χ2v) is 6.38. The van der Waals surface area contributed by atoms with E-state index in [1.807, 2.05) is 36.4 Å². The first-order valence-electron chi connectivity index (χ1n) is 8.50. The monoisotopic (exact) mass is 390 g/mol. The van der Waals surface area contributed by atoms with Crippen molar-refractivity contribution in [1.82, 2.24) is 10.2 Å². The predicted octanol–water partition coefficient (Wildman–Crippen LogP) is 5.70. The van der Waals surface area contributed by atoms with Gasteiger partial charge in [0, 0.05) is 27.5 Å². The fourth-order valence-corrected chi connectivity index (χ4v) is 2.72. The summed E-state index contributed by atoms with van der Waals surface area (Å²) in [5.41, 5.74) is 2.79. The summed E-state index contributed by atoms with van der Waals surface area (Å²) in [6.45, 7) is 0. The van der Waals surface area contributed by atoms with Gasteiger partial charge in [0.25, 0.3) is 0 Å². The molecular formula is C21H15ClN4O2. The molecule has 0 radical (unpaired) electrons. The van der Waals surface area contributed by atoms with Crippen molar-refractivity contribution in [2.75, 3.05) is 10.6 Å². The summed E-state index contributed by atoms with van der Waals surface area (Å²) in [4.78, 5) is 12.2. The maximum atomic E-state index is 12.2. The van der Waals surface area contributed by atoms with Crippen LogP contribution in [0.5, 0.6) is 0 Å². The van der Waals surface area contributed by atoms with Gasteiger partial charge < -0.3 is 15.1 Å². The highest BCUT2D eigenvalue weighted by Crippen LogP contribution is 2.25. The number of aromatic nitrogens is 2. The van der Waals surface area contributed by atoms with E-state index < -0.39 is 0 Å². The number of amides is 2.